The predicted octanol–water partition coefficient (Wildman–Crippen LogP) is 18.0. The van der Waals surface area contributed by atoms with Crippen molar-refractivity contribution in [1.82, 2.24) is 0 Å². The number of aliphatic hydroxyl groups is 1. The maximum Gasteiger partial charge on any atom is 0.472 e. The van der Waals surface area contributed by atoms with Gasteiger partial charge < -0.3 is 33.8 Å². The summed E-state index contributed by atoms with van der Waals surface area (Å²) in [7, 11) is -9.88. The molecule has 0 radical (unpaired) electrons. The molecule has 0 amide bonds. The third kappa shape index (κ3) is 57.8. The topological polar surface area (TPSA) is 237 Å². The highest BCUT2D eigenvalue weighted by molar-refractivity contribution is 7.47. The number of unbranched alkanes of at least 4 members (excludes halogenated alkanes) is 33. The smallest absolute Gasteiger partial charge is 0.462 e. The van der Waals surface area contributed by atoms with Crippen LogP contribution in [0.4, 0.5) is 0 Å². The zero-order valence-corrected chi connectivity index (χ0v) is 56.0. The Hall–Kier alpha value is -1.94. The van der Waals surface area contributed by atoms with Crippen LogP contribution in [0, 0.1) is 11.8 Å². The average Bonchev–Trinajstić information content (AvgIpc) is 3.46. The van der Waals surface area contributed by atoms with Crippen LogP contribution in [0.3, 0.4) is 0 Å². The van der Waals surface area contributed by atoms with Crippen LogP contribution in [0.1, 0.15) is 324 Å². The Morgan fingerprint density at radius 2 is 0.607 bits per heavy atom. The summed E-state index contributed by atoms with van der Waals surface area (Å²) in [4.78, 5) is 72.1. The fourth-order valence-corrected chi connectivity index (χ4v) is 11.3. The second kappa shape index (κ2) is 57.5. The number of aliphatic hydroxyl groups excluding tert-OH is 1. The first-order chi connectivity index (χ1) is 40.4. The van der Waals surface area contributed by atoms with Crippen molar-refractivity contribution in [3.8, 4) is 0 Å². The summed E-state index contributed by atoms with van der Waals surface area (Å²) < 4.78 is 67.9. The normalized spacial score (nSPS) is 14.6. The molecule has 84 heavy (non-hydrogen) atoms. The number of phosphoric ester groups is 2. The molecule has 0 aromatic heterocycles. The molecule has 0 aromatic carbocycles. The molecule has 0 rings (SSSR count). The van der Waals surface area contributed by atoms with Crippen LogP contribution < -0.4 is 0 Å². The fraction of sp³-hybridized carbons (Fsp3) is 0.938. The molecule has 0 aliphatic heterocycles. The van der Waals surface area contributed by atoms with E-state index >= 15 is 0 Å². The highest BCUT2D eigenvalue weighted by atomic mass is 31.2. The van der Waals surface area contributed by atoms with Gasteiger partial charge in [0.25, 0.3) is 0 Å². The molecule has 0 aromatic rings. The van der Waals surface area contributed by atoms with E-state index < -0.39 is 97.5 Å². The summed E-state index contributed by atoms with van der Waals surface area (Å²) in [6, 6.07) is 0. The molecule has 3 N–H and O–H groups in total. The predicted molar refractivity (Wildman–Crippen MR) is 335 cm³/mol. The number of hydrogen-bond acceptors (Lipinski definition) is 15. The zero-order valence-electron chi connectivity index (χ0n) is 54.2. The summed E-state index contributed by atoms with van der Waals surface area (Å²) in [6.45, 7) is 9.48. The van der Waals surface area contributed by atoms with Gasteiger partial charge in [-0.3, -0.25) is 37.3 Å². The molecule has 19 heteroatoms. The van der Waals surface area contributed by atoms with Gasteiger partial charge in [0, 0.05) is 25.7 Å². The van der Waals surface area contributed by atoms with Crippen molar-refractivity contribution in [2.75, 3.05) is 39.6 Å². The Labute approximate surface area is 511 Å². The fourth-order valence-electron chi connectivity index (χ4n) is 9.68. The molecule has 3 unspecified atom stereocenters. The van der Waals surface area contributed by atoms with Crippen LogP contribution in [-0.4, -0.2) is 96.7 Å². The van der Waals surface area contributed by atoms with Crippen LogP contribution >= 0.6 is 15.6 Å². The second-order valence-corrected chi connectivity index (χ2v) is 27.1. The minimum absolute atomic E-state index is 0.105. The second-order valence-electron chi connectivity index (χ2n) is 24.2. The van der Waals surface area contributed by atoms with Gasteiger partial charge in [0.2, 0.25) is 0 Å². The van der Waals surface area contributed by atoms with E-state index in [2.05, 4.69) is 41.5 Å². The van der Waals surface area contributed by atoms with Crippen molar-refractivity contribution in [2.24, 2.45) is 11.8 Å². The molecule has 0 saturated carbocycles. The first kappa shape index (κ1) is 82.1. The molecule has 0 heterocycles. The number of rotatable bonds is 64. The van der Waals surface area contributed by atoms with Gasteiger partial charge in [0.15, 0.2) is 12.2 Å². The first-order valence-electron chi connectivity index (χ1n) is 34.0. The van der Waals surface area contributed by atoms with Crippen molar-refractivity contribution in [1.29, 1.82) is 0 Å². The zero-order chi connectivity index (χ0) is 62.2. The molecule has 17 nitrogen and oxygen atoms in total. The monoisotopic (exact) mass is 1240 g/mol. The van der Waals surface area contributed by atoms with Crippen LogP contribution in [0.5, 0.6) is 0 Å². The molecule has 6 atom stereocenters. The quantitative estimate of drug-likeness (QED) is 0.0222. The molecule has 0 saturated heterocycles. The molecule has 0 spiro atoms. The maximum absolute atomic E-state index is 13.0. The maximum atomic E-state index is 13.0. The average molecular weight is 1240 g/mol. The van der Waals surface area contributed by atoms with E-state index in [1.165, 1.54) is 128 Å². The lowest BCUT2D eigenvalue weighted by atomic mass is 9.99. The van der Waals surface area contributed by atoms with E-state index in [1.54, 1.807) is 0 Å². The first-order valence-corrected chi connectivity index (χ1v) is 37.0. The van der Waals surface area contributed by atoms with Crippen molar-refractivity contribution >= 4 is 39.5 Å². The summed E-state index contributed by atoms with van der Waals surface area (Å²) in [5.74, 6) is -0.562. The number of carbonyl (C=O) groups excluding carboxylic acids is 4. The number of hydrogen-bond donors (Lipinski definition) is 3. The van der Waals surface area contributed by atoms with Gasteiger partial charge in [0.05, 0.1) is 26.4 Å². The summed E-state index contributed by atoms with van der Waals surface area (Å²) in [6.07, 6.45) is 40.3. The van der Waals surface area contributed by atoms with Gasteiger partial charge in [-0.1, -0.05) is 273 Å². The number of ether oxygens (including phenoxy) is 4. The highest BCUT2D eigenvalue weighted by Crippen LogP contribution is 2.45. The third-order valence-electron chi connectivity index (χ3n) is 15.3. The van der Waals surface area contributed by atoms with Crippen molar-refractivity contribution in [2.45, 2.75) is 342 Å². The van der Waals surface area contributed by atoms with Crippen molar-refractivity contribution in [3.63, 3.8) is 0 Å². The van der Waals surface area contributed by atoms with E-state index in [1.807, 2.05) is 0 Å². The molecule has 0 fully saturated rings. The lowest BCUT2D eigenvalue weighted by Crippen LogP contribution is -2.30. The third-order valence-corrected chi connectivity index (χ3v) is 17.2. The van der Waals surface area contributed by atoms with Gasteiger partial charge in [-0.25, -0.2) is 9.13 Å². The van der Waals surface area contributed by atoms with E-state index in [0.29, 0.717) is 25.7 Å². The summed E-state index contributed by atoms with van der Waals surface area (Å²) in [5, 5.41) is 10.5. The summed E-state index contributed by atoms with van der Waals surface area (Å²) in [5.41, 5.74) is 0. The van der Waals surface area contributed by atoms with Gasteiger partial charge in [-0.15, -0.1) is 0 Å². The minimum atomic E-state index is -4.95. The molecule has 0 aliphatic carbocycles. The standard InChI is InChI=1S/C65H126O17P2/c1-7-10-12-14-16-22-31-37-43-49-64(69)81-60(53-75-62(67)47-41-35-27-15-13-11-8-2)55-79-83(71,72)77-51-59(66)52-78-84(73,74)80-56-61(82-65(70)50-44-38-32-26-19-17-18-23-28-33-39-45-57(4)5)54-76-63(68)48-42-36-30-25-21-20-24-29-34-40-46-58(6)9-3/h57-61,66H,7-56H2,1-6H3,(H,71,72)(H,73,74)/t58?,59-,60+,61+/m0/s1. The Morgan fingerprint density at radius 1 is 0.345 bits per heavy atom. The molecular formula is C65H126O17P2. The highest BCUT2D eigenvalue weighted by Gasteiger charge is 2.30. The molecule has 0 bridgehead atoms. The lowest BCUT2D eigenvalue weighted by molar-refractivity contribution is -0.161. The Bertz CT molecular complexity index is 1650. The van der Waals surface area contributed by atoms with E-state index in [9.17, 15) is 43.2 Å². The van der Waals surface area contributed by atoms with Gasteiger partial charge >= 0.3 is 39.5 Å². The lowest BCUT2D eigenvalue weighted by Gasteiger charge is -2.21. The van der Waals surface area contributed by atoms with Crippen LogP contribution in [0.25, 0.3) is 0 Å². The summed E-state index contributed by atoms with van der Waals surface area (Å²) >= 11 is 0. The number of esters is 4. The molecule has 0 aliphatic rings. The van der Waals surface area contributed by atoms with Gasteiger partial charge in [0.1, 0.15) is 19.3 Å². The van der Waals surface area contributed by atoms with Crippen LogP contribution in [0.15, 0.2) is 0 Å². The van der Waals surface area contributed by atoms with Crippen LogP contribution in [-0.2, 0) is 65.4 Å². The van der Waals surface area contributed by atoms with E-state index in [-0.39, 0.29) is 25.7 Å². The minimum Gasteiger partial charge on any atom is -0.462 e. The van der Waals surface area contributed by atoms with Gasteiger partial charge in [-0.05, 0) is 37.5 Å². The Balaban J connectivity index is 5.21. The molecule has 498 valence electrons. The Kier molecular flexibility index (Phi) is 56.2. The van der Waals surface area contributed by atoms with Crippen molar-refractivity contribution < 1.29 is 80.2 Å². The SMILES string of the molecule is CCCCCCCCCCCC(=O)O[C@H](COC(=O)CCCCCCCCC)COP(=O)(O)OC[C@H](O)COP(=O)(O)OC[C@@H](COC(=O)CCCCCCCCCCCCC(C)CC)OC(=O)CCCCCCCCCCCCCC(C)C. The largest absolute Gasteiger partial charge is 0.472 e. The number of phosphoric acid groups is 2. The van der Waals surface area contributed by atoms with Crippen molar-refractivity contribution in [3.05, 3.63) is 0 Å². The molecular weight excluding hydrogens is 1110 g/mol. The van der Waals surface area contributed by atoms with Gasteiger partial charge in [-0.2, -0.15) is 0 Å². The number of carbonyl (C=O) groups is 4. The van der Waals surface area contributed by atoms with Crippen LogP contribution in [0.2, 0.25) is 0 Å². The van der Waals surface area contributed by atoms with E-state index in [0.717, 1.165) is 115 Å². The van der Waals surface area contributed by atoms with E-state index in [4.69, 9.17) is 37.0 Å². The Morgan fingerprint density at radius 3 is 0.905 bits per heavy atom.